The molecule has 0 nitrogen and oxygen atoms in total. The van der Waals surface area contributed by atoms with Crippen LogP contribution < -0.4 is 0 Å². The van der Waals surface area contributed by atoms with Crippen LogP contribution in [0, 0.1) is 0 Å². The van der Waals surface area contributed by atoms with Gasteiger partial charge in [0.15, 0.2) is 0 Å². The van der Waals surface area contributed by atoms with Crippen molar-refractivity contribution in [3.05, 3.63) is 11.6 Å². The molecule has 0 saturated heterocycles. The van der Waals surface area contributed by atoms with E-state index in [0.717, 1.165) is 0 Å². The van der Waals surface area contributed by atoms with E-state index in [9.17, 15) is 0 Å². The van der Waals surface area contributed by atoms with Crippen LogP contribution in [-0.2, 0) is 20.0 Å². The third kappa shape index (κ3) is 4.17. The quantitative estimate of drug-likeness (QED) is 0.499. The Morgan fingerprint density at radius 1 is 1.71 bits per heavy atom. The molecule has 0 unspecified atom stereocenters. The van der Waals surface area contributed by atoms with Crippen molar-refractivity contribution in [3.63, 3.8) is 0 Å². The first-order chi connectivity index (χ1) is 3.31. The summed E-state index contributed by atoms with van der Waals surface area (Å²) < 4.78 is 2.07. The van der Waals surface area contributed by atoms with Gasteiger partial charge in [0, 0.05) is 0 Å². The molecule has 0 rings (SSSR count). The number of rotatable bonds is 2. The summed E-state index contributed by atoms with van der Waals surface area (Å²) in [6, 6.07) is 0. The summed E-state index contributed by atoms with van der Waals surface area (Å²) >= 11 is 2.04. The molecule has 0 amide bonds. The fraction of sp³-hybridized carbons (Fsp3) is 0.500. The molecule has 0 aliphatic heterocycles. The molecule has 0 radical (unpaired) electrons. The van der Waals surface area contributed by atoms with Gasteiger partial charge in [-0.15, -0.1) is 0 Å². The number of allylic oxidation sites excluding steroid dienone is 2. The third-order valence-electron chi connectivity index (χ3n) is 0.926. The standard InChI is InChI=1S/C6H10.Ti/c1-4-6(3)5-2;/h1,4H,5H2,2-3H3;/q;+2/b6-4-;. The average Bonchev–Trinajstić information content (AvgIpc) is 1.68. The van der Waals surface area contributed by atoms with Crippen LogP contribution in [0.4, 0.5) is 0 Å². The van der Waals surface area contributed by atoms with Crippen LogP contribution in [-0.4, -0.2) is 4.31 Å². The summed E-state index contributed by atoms with van der Waals surface area (Å²) in [7, 11) is 0. The van der Waals surface area contributed by atoms with E-state index in [1.54, 1.807) is 0 Å². The van der Waals surface area contributed by atoms with Crippen LogP contribution in [0.3, 0.4) is 0 Å². The van der Waals surface area contributed by atoms with Crippen molar-refractivity contribution in [2.45, 2.75) is 20.3 Å². The van der Waals surface area contributed by atoms with Crippen molar-refractivity contribution >= 4 is 4.31 Å². The van der Waals surface area contributed by atoms with Crippen molar-refractivity contribution in [2.24, 2.45) is 0 Å². The Balaban J connectivity index is 3.49. The second-order valence-corrected chi connectivity index (χ2v) is 2.05. The maximum absolute atomic E-state index is 2.16. The molecule has 0 atom stereocenters. The van der Waals surface area contributed by atoms with Crippen molar-refractivity contribution in [1.82, 2.24) is 0 Å². The van der Waals surface area contributed by atoms with Gasteiger partial charge in [-0.3, -0.25) is 0 Å². The Morgan fingerprint density at radius 3 is 2.43 bits per heavy atom. The van der Waals surface area contributed by atoms with Gasteiger partial charge < -0.3 is 0 Å². The van der Waals surface area contributed by atoms with E-state index < -0.39 is 0 Å². The predicted molar refractivity (Wildman–Crippen MR) is 30.1 cm³/mol. The minimum absolute atomic E-state index is 1.17. The molecule has 0 N–H and O–H groups in total. The van der Waals surface area contributed by atoms with E-state index in [-0.39, 0.29) is 0 Å². The normalized spacial score (nSPS) is 11.7. The summed E-state index contributed by atoms with van der Waals surface area (Å²) in [4.78, 5) is 0. The van der Waals surface area contributed by atoms with Crippen molar-refractivity contribution in [3.8, 4) is 0 Å². The Kier molecular flexibility index (Phi) is 4.69. The molecular weight excluding hydrogens is 120 g/mol. The molecule has 7 heavy (non-hydrogen) atoms. The van der Waals surface area contributed by atoms with Gasteiger partial charge in [0.1, 0.15) is 0 Å². The zero-order chi connectivity index (χ0) is 5.70. The molecule has 0 heterocycles. The van der Waals surface area contributed by atoms with Gasteiger partial charge in [0.2, 0.25) is 0 Å². The Labute approximate surface area is 56.5 Å². The fourth-order valence-electron chi connectivity index (χ4n) is 0.260. The molecular formula is C6H10Ti+2. The van der Waals surface area contributed by atoms with E-state index in [2.05, 4.69) is 24.2 Å². The minimum atomic E-state index is 1.17. The SMILES string of the molecule is CC/C(C)=C\[CH]=[Ti+2]. The second kappa shape index (κ2) is 4.48. The van der Waals surface area contributed by atoms with E-state index in [0.29, 0.717) is 0 Å². The summed E-state index contributed by atoms with van der Waals surface area (Å²) in [6.45, 7) is 4.30. The van der Waals surface area contributed by atoms with Gasteiger partial charge in [-0.1, -0.05) is 0 Å². The molecule has 0 aromatic rings. The predicted octanol–water partition coefficient (Wildman–Crippen LogP) is 1.69. The molecule has 0 aliphatic rings. The molecule has 0 spiro atoms. The molecule has 0 fully saturated rings. The van der Waals surface area contributed by atoms with Gasteiger partial charge in [0.05, 0.1) is 0 Å². The van der Waals surface area contributed by atoms with Crippen LogP contribution in [0.5, 0.6) is 0 Å². The van der Waals surface area contributed by atoms with Crippen LogP contribution in [0.1, 0.15) is 20.3 Å². The van der Waals surface area contributed by atoms with Gasteiger partial charge in [-0.25, -0.2) is 0 Å². The van der Waals surface area contributed by atoms with Crippen LogP contribution in [0.15, 0.2) is 11.6 Å². The Bertz CT molecular complexity index is 82.2. The zero-order valence-corrected chi connectivity index (χ0v) is 6.42. The van der Waals surface area contributed by atoms with E-state index in [1.807, 2.05) is 20.0 Å². The monoisotopic (exact) mass is 130 g/mol. The third-order valence-corrected chi connectivity index (χ3v) is 1.19. The molecule has 0 aromatic carbocycles. The summed E-state index contributed by atoms with van der Waals surface area (Å²) in [5, 5.41) is 0. The Morgan fingerprint density at radius 2 is 2.29 bits per heavy atom. The average molecular weight is 130 g/mol. The van der Waals surface area contributed by atoms with Crippen molar-refractivity contribution < 1.29 is 20.0 Å². The topological polar surface area (TPSA) is 0 Å². The summed E-state index contributed by atoms with van der Waals surface area (Å²) in [5.74, 6) is 0. The second-order valence-electron chi connectivity index (χ2n) is 1.53. The summed E-state index contributed by atoms with van der Waals surface area (Å²) in [6.07, 6.45) is 3.31. The maximum atomic E-state index is 2.16. The molecule has 0 aromatic heterocycles. The number of hydrogen-bond acceptors (Lipinski definition) is 0. The van der Waals surface area contributed by atoms with E-state index >= 15 is 0 Å². The molecule has 0 saturated carbocycles. The number of hydrogen-bond donors (Lipinski definition) is 0. The summed E-state index contributed by atoms with van der Waals surface area (Å²) in [5.41, 5.74) is 1.45. The van der Waals surface area contributed by atoms with Crippen LogP contribution >= 0.6 is 0 Å². The molecule has 0 bridgehead atoms. The molecule has 36 valence electrons. The van der Waals surface area contributed by atoms with Gasteiger partial charge in [-0.05, 0) is 0 Å². The van der Waals surface area contributed by atoms with Crippen molar-refractivity contribution in [1.29, 1.82) is 0 Å². The first-order valence-electron chi connectivity index (χ1n) is 2.47. The van der Waals surface area contributed by atoms with E-state index in [1.165, 1.54) is 12.0 Å². The molecule has 0 aliphatic carbocycles. The first kappa shape index (κ1) is 7.32. The first-order valence-corrected chi connectivity index (χ1v) is 3.37. The Hall–Kier alpha value is 0.324. The van der Waals surface area contributed by atoms with Crippen LogP contribution in [0.2, 0.25) is 0 Å². The molecule has 1 heteroatoms. The van der Waals surface area contributed by atoms with Gasteiger partial charge in [-0.2, -0.15) is 0 Å². The van der Waals surface area contributed by atoms with Gasteiger partial charge >= 0.3 is 56.2 Å². The van der Waals surface area contributed by atoms with Crippen molar-refractivity contribution in [2.75, 3.05) is 0 Å². The van der Waals surface area contributed by atoms with E-state index in [4.69, 9.17) is 0 Å². The zero-order valence-electron chi connectivity index (χ0n) is 4.86. The fourth-order valence-corrected chi connectivity index (χ4v) is 0.704. The van der Waals surface area contributed by atoms with Crippen LogP contribution in [0.25, 0.3) is 0 Å². The van der Waals surface area contributed by atoms with Gasteiger partial charge in [0.25, 0.3) is 0 Å².